The molecule has 0 saturated heterocycles. The van der Waals surface area contributed by atoms with Crippen LogP contribution in [0, 0.1) is 0 Å². The Bertz CT molecular complexity index is 256. The summed E-state index contributed by atoms with van der Waals surface area (Å²) in [4.78, 5) is 9.91. The lowest BCUT2D eigenvalue weighted by molar-refractivity contribution is -0.129. The van der Waals surface area contributed by atoms with E-state index in [9.17, 15) is 4.79 Å². The minimum absolute atomic E-state index is 0.343. The lowest BCUT2D eigenvalue weighted by atomic mass is 10.2. The molecule has 1 aromatic carbocycles. The Labute approximate surface area is 77.7 Å². The summed E-state index contributed by atoms with van der Waals surface area (Å²) in [5.74, 6) is 0. The third-order valence-electron chi connectivity index (χ3n) is 1.65. The molecule has 1 N–H and O–H groups in total. The van der Waals surface area contributed by atoms with E-state index in [0.29, 0.717) is 13.1 Å². The number of rotatable bonds is 5. The van der Waals surface area contributed by atoms with Crippen LogP contribution in [0.3, 0.4) is 0 Å². The quantitative estimate of drug-likeness (QED) is 0.700. The highest BCUT2D eigenvalue weighted by Crippen LogP contribution is 2.09. The molecule has 1 rings (SSSR count). The zero-order valence-corrected chi connectivity index (χ0v) is 7.62. The first-order valence-electron chi connectivity index (χ1n) is 4.25. The van der Waals surface area contributed by atoms with E-state index in [1.807, 2.05) is 31.2 Å². The maximum atomic E-state index is 9.91. The number of nitrogens with one attached hydrogen (secondary N) is 1. The standard InChI is InChI=1S/C10H13NO2/c1-2-11-10-5-3-9(4-6-10)7-13-8-12/h3-6,8,11H,2,7H2,1H3. The number of ether oxygens (including phenoxy) is 1. The molecule has 3 heteroatoms. The lowest BCUT2D eigenvalue weighted by Crippen LogP contribution is -1.96. The third-order valence-corrected chi connectivity index (χ3v) is 1.65. The van der Waals surface area contributed by atoms with E-state index >= 15 is 0 Å². The van der Waals surface area contributed by atoms with Crippen molar-refractivity contribution in [2.24, 2.45) is 0 Å². The normalized spacial score (nSPS) is 9.31. The Morgan fingerprint density at radius 2 is 2.08 bits per heavy atom. The van der Waals surface area contributed by atoms with Gasteiger partial charge in [0.2, 0.25) is 0 Å². The minimum Gasteiger partial charge on any atom is -0.463 e. The Hall–Kier alpha value is -1.51. The van der Waals surface area contributed by atoms with Gasteiger partial charge >= 0.3 is 0 Å². The molecule has 0 unspecified atom stereocenters. The molecule has 0 aliphatic heterocycles. The smallest absolute Gasteiger partial charge is 0.293 e. The highest BCUT2D eigenvalue weighted by molar-refractivity contribution is 5.44. The van der Waals surface area contributed by atoms with Crippen molar-refractivity contribution in [1.29, 1.82) is 0 Å². The zero-order chi connectivity index (χ0) is 9.52. The largest absolute Gasteiger partial charge is 0.463 e. The van der Waals surface area contributed by atoms with Crippen LogP contribution >= 0.6 is 0 Å². The second-order valence-electron chi connectivity index (χ2n) is 2.63. The van der Waals surface area contributed by atoms with Gasteiger partial charge in [0.1, 0.15) is 6.61 Å². The van der Waals surface area contributed by atoms with E-state index in [-0.39, 0.29) is 0 Å². The van der Waals surface area contributed by atoms with Crippen molar-refractivity contribution in [2.75, 3.05) is 11.9 Å². The highest BCUT2D eigenvalue weighted by atomic mass is 16.5. The van der Waals surface area contributed by atoms with Gasteiger partial charge in [-0.3, -0.25) is 4.79 Å². The topological polar surface area (TPSA) is 38.3 Å². The van der Waals surface area contributed by atoms with Crippen LogP contribution in [0.1, 0.15) is 12.5 Å². The molecule has 70 valence electrons. The first kappa shape index (κ1) is 9.58. The summed E-state index contributed by atoms with van der Waals surface area (Å²) in [6.45, 7) is 3.75. The number of hydrogen-bond acceptors (Lipinski definition) is 3. The van der Waals surface area contributed by atoms with Gasteiger partial charge in [-0.25, -0.2) is 0 Å². The van der Waals surface area contributed by atoms with Gasteiger partial charge < -0.3 is 10.1 Å². The van der Waals surface area contributed by atoms with Gasteiger partial charge in [0.25, 0.3) is 6.47 Å². The molecule has 0 spiro atoms. The Morgan fingerprint density at radius 1 is 1.38 bits per heavy atom. The summed E-state index contributed by atoms with van der Waals surface area (Å²) < 4.78 is 4.62. The van der Waals surface area contributed by atoms with Crippen LogP contribution in [0.5, 0.6) is 0 Å². The van der Waals surface area contributed by atoms with E-state index < -0.39 is 0 Å². The molecular weight excluding hydrogens is 166 g/mol. The van der Waals surface area contributed by atoms with Crippen LogP contribution in [-0.4, -0.2) is 13.0 Å². The number of carbonyl (C=O) groups excluding carboxylic acids is 1. The number of hydrogen-bond donors (Lipinski definition) is 1. The van der Waals surface area contributed by atoms with Crippen molar-refractivity contribution in [1.82, 2.24) is 0 Å². The van der Waals surface area contributed by atoms with Gasteiger partial charge in [-0.15, -0.1) is 0 Å². The SMILES string of the molecule is CCNc1ccc(COC=O)cc1. The third kappa shape index (κ3) is 3.15. The molecular formula is C10H13NO2. The summed E-state index contributed by atoms with van der Waals surface area (Å²) >= 11 is 0. The predicted octanol–water partition coefficient (Wildman–Crippen LogP) is 1.79. The van der Waals surface area contributed by atoms with E-state index in [1.54, 1.807) is 0 Å². The van der Waals surface area contributed by atoms with Gasteiger partial charge in [0, 0.05) is 12.2 Å². The van der Waals surface area contributed by atoms with Gasteiger partial charge in [-0.2, -0.15) is 0 Å². The first-order chi connectivity index (χ1) is 6.36. The zero-order valence-electron chi connectivity index (χ0n) is 7.62. The fourth-order valence-electron chi connectivity index (χ4n) is 1.05. The maximum absolute atomic E-state index is 9.91. The van der Waals surface area contributed by atoms with Crippen LogP contribution in [0.25, 0.3) is 0 Å². The Kier molecular flexibility index (Phi) is 3.82. The van der Waals surface area contributed by atoms with Crippen LogP contribution < -0.4 is 5.32 Å². The average molecular weight is 179 g/mol. The molecule has 0 fully saturated rings. The van der Waals surface area contributed by atoms with Crippen LogP contribution in [0.2, 0.25) is 0 Å². The van der Waals surface area contributed by atoms with Crippen molar-refractivity contribution in [3.63, 3.8) is 0 Å². The summed E-state index contributed by atoms with van der Waals surface area (Å²) in [7, 11) is 0. The molecule has 0 bridgehead atoms. The van der Waals surface area contributed by atoms with Crippen molar-refractivity contribution in [2.45, 2.75) is 13.5 Å². The molecule has 1 aromatic rings. The van der Waals surface area contributed by atoms with E-state index in [4.69, 9.17) is 0 Å². The summed E-state index contributed by atoms with van der Waals surface area (Å²) in [6, 6.07) is 7.79. The molecule has 13 heavy (non-hydrogen) atoms. The van der Waals surface area contributed by atoms with Gasteiger partial charge in [0.15, 0.2) is 0 Å². The van der Waals surface area contributed by atoms with Crippen LogP contribution in [0.4, 0.5) is 5.69 Å². The second-order valence-corrected chi connectivity index (χ2v) is 2.63. The summed E-state index contributed by atoms with van der Waals surface area (Å²) in [6.07, 6.45) is 0. The monoisotopic (exact) mass is 179 g/mol. The molecule has 0 radical (unpaired) electrons. The maximum Gasteiger partial charge on any atom is 0.293 e. The Balaban J connectivity index is 2.53. The predicted molar refractivity (Wildman–Crippen MR) is 51.5 cm³/mol. The fourth-order valence-corrected chi connectivity index (χ4v) is 1.05. The van der Waals surface area contributed by atoms with Crippen molar-refractivity contribution in [3.8, 4) is 0 Å². The van der Waals surface area contributed by atoms with Crippen LogP contribution in [0.15, 0.2) is 24.3 Å². The molecule has 0 saturated carbocycles. The summed E-state index contributed by atoms with van der Waals surface area (Å²) in [5, 5.41) is 3.18. The van der Waals surface area contributed by atoms with E-state index in [0.717, 1.165) is 17.8 Å². The highest BCUT2D eigenvalue weighted by Gasteiger charge is 1.92. The Morgan fingerprint density at radius 3 is 2.62 bits per heavy atom. The minimum atomic E-state index is 0.343. The molecule has 0 aliphatic carbocycles. The van der Waals surface area contributed by atoms with Crippen molar-refractivity contribution in [3.05, 3.63) is 29.8 Å². The molecule has 3 nitrogen and oxygen atoms in total. The van der Waals surface area contributed by atoms with Gasteiger partial charge in [-0.05, 0) is 24.6 Å². The van der Waals surface area contributed by atoms with Gasteiger partial charge in [-0.1, -0.05) is 12.1 Å². The molecule has 0 amide bonds. The lowest BCUT2D eigenvalue weighted by Gasteiger charge is -2.03. The molecule has 0 heterocycles. The van der Waals surface area contributed by atoms with Crippen molar-refractivity contribution < 1.29 is 9.53 Å². The number of benzene rings is 1. The number of carbonyl (C=O) groups is 1. The number of anilines is 1. The van der Waals surface area contributed by atoms with Crippen molar-refractivity contribution >= 4 is 12.2 Å². The molecule has 0 aromatic heterocycles. The second kappa shape index (κ2) is 5.19. The molecule has 0 atom stereocenters. The van der Waals surface area contributed by atoms with E-state index in [1.165, 1.54) is 0 Å². The molecule has 0 aliphatic rings. The first-order valence-corrected chi connectivity index (χ1v) is 4.25. The fraction of sp³-hybridized carbons (Fsp3) is 0.300. The average Bonchev–Trinajstić information content (AvgIpc) is 2.17. The van der Waals surface area contributed by atoms with Crippen LogP contribution in [-0.2, 0) is 16.1 Å². The summed E-state index contributed by atoms with van der Waals surface area (Å²) in [5.41, 5.74) is 2.08. The van der Waals surface area contributed by atoms with E-state index in [2.05, 4.69) is 10.1 Å². The van der Waals surface area contributed by atoms with Gasteiger partial charge in [0.05, 0.1) is 0 Å².